The number of aromatic hydroxyl groups is 1. The van der Waals surface area contributed by atoms with Crippen LogP contribution >= 0.6 is 27.7 Å². The summed E-state index contributed by atoms with van der Waals surface area (Å²) in [6, 6.07) is 8.88. The van der Waals surface area contributed by atoms with Gasteiger partial charge in [0.2, 0.25) is 5.91 Å². The molecule has 2 aromatic heterocycles. The Balaban J connectivity index is 1.85. The lowest BCUT2D eigenvalue weighted by Crippen LogP contribution is -2.30. The van der Waals surface area contributed by atoms with Crippen LogP contribution in [0.1, 0.15) is 0 Å². The zero-order valence-corrected chi connectivity index (χ0v) is 16.5. The first-order valence-corrected chi connectivity index (χ1v) is 10.1. The van der Waals surface area contributed by atoms with Crippen molar-refractivity contribution >= 4 is 45.1 Å². The van der Waals surface area contributed by atoms with Crippen molar-refractivity contribution in [1.82, 2.24) is 19.9 Å². The van der Waals surface area contributed by atoms with Crippen molar-refractivity contribution < 1.29 is 9.90 Å². The number of anilines is 1. The molecule has 3 rings (SSSR count). The summed E-state index contributed by atoms with van der Waals surface area (Å²) in [4.78, 5) is 16.1. The first-order valence-electron chi connectivity index (χ1n) is 7.92. The predicted molar refractivity (Wildman–Crippen MR) is 108 cm³/mol. The molecule has 0 fully saturated rings. The Kier molecular flexibility index (Phi) is 6.00. The Hall–Kier alpha value is -2.26. The van der Waals surface area contributed by atoms with Gasteiger partial charge < -0.3 is 15.7 Å². The van der Waals surface area contributed by atoms with E-state index in [4.69, 9.17) is 0 Å². The number of hydrogen-bond donors (Lipinski definition) is 3. The van der Waals surface area contributed by atoms with Crippen molar-refractivity contribution in [3.8, 4) is 17.0 Å². The predicted octanol–water partition coefficient (Wildman–Crippen LogP) is 2.76. The summed E-state index contributed by atoms with van der Waals surface area (Å²) in [7, 11) is 0. The van der Waals surface area contributed by atoms with Crippen LogP contribution in [-0.4, -0.2) is 50.7 Å². The average Bonchev–Trinajstić information content (AvgIpc) is 3.00. The highest BCUT2D eigenvalue weighted by Crippen LogP contribution is 2.30. The molecule has 7 nitrogen and oxygen atoms in total. The van der Waals surface area contributed by atoms with Gasteiger partial charge >= 0.3 is 0 Å². The van der Waals surface area contributed by atoms with Crippen LogP contribution in [0.4, 0.5) is 5.82 Å². The van der Waals surface area contributed by atoms with E-state index < -0.39 is 0 Å². The Morgan fingerprint density at radius 1 is 1.35 bits per heavy atom. The van der Waals surface area contributed by atoms with Crippen molar-refractivity contribution in [3.05, 3.63) is 41.0 Å². The quantitative estimate of drug-likeness (QED) is 0.494. The van der Waals surface area contributed by atoms with E-state index in [0.717, 1.165) is 10.3 Å². The van der Waals surface area contributed by atoms with Crippen LogP contribution in [0.25, 0.3) is 16.9 Å². The molecule has 0 spiro atoms. The second kappa shape index (κ2) is 8.41. The average molecular weight is 436 g/mol. The number of nitrogens with one attached hydrogen (secondary N) is 2. The van der Waals surface area contributed by atoms with E-state index in [9.17, 15) is 9.90 Å². The number of benzene rings is 1. The van der Waals surface area contributed by atoms with Crippen LogP contribution < -0.4 is 10.6 Å². The van der Waals surface area contributed by atoms with E-state index in [2.05, 4.69) is 36.6 Å². The fourth-order valence-corrected chi connectivity index (χ4v) is 3.18. The second-order valence-electron chi connectivity index (χ2n) is 5.48. The van der Waals surface area contributed by atoms with Crippen molar-refractivity contribution in [2.24, 2.45) is 0 Å². The third kappa shape index (κ3) is 4.10. The molecule has 3 N–H and O–H groups in total. The number of carbonyl (C=O) groups is 1. The summed E-state index contributed by atoms with van der Waals surface area (Å²) < 4.78 is 2.43. The van der Waals surface area contributed by atoms with Crippen LogP contribution in [0.2, 0.25) is 0 Å². The highest BCUT2D eigenvalue weighted by molar-refractivity contribution is 9.10. The maximum absolute atomic E-state index is 11.5. The fraction of sp³-hybridized carbons (Fsp3) is 0.235. The van der Waals surface area contributed by atoms with Crippen molar-refractivity contribution in [1.29, 1.82) is 0 Å². The standard InChI is InChI=1S/C17H18BrN5O2S/c1-26-10-16(25)20-7-6-19-15-8-13(11-4-2-3-5-14(11)24)22-17-12(18)9-21-23(15)17/h2-5,8-9,19,24H,6-7,10H2,1H3,(H,20,25). The number of hydrogen-bond acceptors (Lipinski definition) is 6. The fourth-order valence-electron chi connectivity index (χ4n) is 2.46. The van der Waals surface area contributed by atoms with Crippen LogP contribution in [0.5, 0.6) is 5.75 Å². The largest absolute Gasteiger partial charge is 0.507 e. The minimum absolute atomic E-state index is 0.0101. The molecule has 0 saturated carbocycles. The molecule has 0 bridgehead atoms. The second-order valence-corrected chi connectivity index (χ2v) is 7.20. The molecule has 0 aliphatic rings. The van der Waals surface area contributed by atoms with E-state index in [-0.39, 0.29) is 11.7 Å². The van der Waals surface area contributed by atoms with Crippen LogP contribution in [0.3, 0.4) is 0 Å². The van der Waals surface area contributed by atoms with E-state index >= 15 is 0 Å². The molecular weight excluding hydrogens is 418 g/mol. The summed E-state index contributed by atoms with van der Waals surface area (Å²) in [5.41, 5.74) is 1.91. The number of carbonyl (C=O) groups excluding carboxylic acids is 1. The van der Waals surface area contributed by atoms with Gasteiger partial charge in [-0.05, 0) is 34.3 Å². The lowest BCUT2D eigenvalue weighted by molar-refractivity contribution is -0.118. The number of halogens is 1. The molecule has 0 saturated heterocycles. The summed E-state index contributed by atoms with van der Waals surface area (Å²) in [5, 5.41) is 20.5. The first-order chi connectivity index (χ1) is 12.6. The maximum Gasteiger partial charge on any atom is 0.230 e. The van der Waals surface area contributed by atoms with Crippen molar-refractivity contribution in [2.45, 2.75) is 0 Å². The molecule has 2 heterocycles. The van der Waals surface area contributed by atoms with Gasteiger partial charge in [0, 0.05) is 24.7 Å². The maximum atomic E-state index is 11.5. The van der Waals surface area contributed by atoms with Gasteiger partial charge in [-0.2, -0.15) is 21.4 Å². The Morgan fingerprint density at radius 2 is 2.15 bits per heavy atom. The van der Waals surface area contributed by atoms with E-state index in [0.29, 0.717) is 35.7 Å². The van der Waals surface area contributed by atoms with Crippen molar-refractivity contribution in [3.63, 3.8) is 0 Å². The number of thioether (sulfide) groups is 1. The minimum atomic E-state index is 0.0101. The number of nitrogens with zero attached hydrogens (tertiary/aromatic N) is 3. The van der Waals surface area contributed by atoms with E-state index in [1.165, 1.54) is 11.8 Å². The third-order valence-corrected chi connectivity index (χ3v) is 4.75. The van der Waals surface area contributed by atoms with Gasteiger partial charge in [-0.25, -0.2) is 4.98 Å². The lowest BCUT2D eigenvalue weighted by Gasteiger charge is -2.12. The molecule has 26 heavy (non-hydrogen) atoms. The number of para-hydroxylation sites is 1. The smallest absolute Gasteiger partial charge is 0.230 e. The van der Waals surface area contributed by atoms with Gasteiger partial charge in [-0.3, -0.25) is 4.79 Å². The van der Waals surface area contributed by atoms with Gasteiger partial charge in [0.1, 0.15) is 11.6 Å². The normalized spacial score (nSPS) is 10.8. The summed E-state index contributed by atoms with van der Waals surface area (Å²) in [6.45, 7) is 1.04. The van der Waals surface area contributed by atoms with Gasteiger partial charge in [0.25, 0.3) is 0 Å². The summed E-state index contributed by atoms with van der Waals surface area (Å²) in [6.07, 6.45) is 3.56. The number of phenols is 1. The van der Waals surface area contributed by atoms with Crippen LogP contribution in [-0.2, 0) is 4.79 Å². The minimum Gasteiger partial charge on any atom is -0.507 e. The molecule has 136 valence electrons. The molecule has 0 unspecified atom stereocenters. The molecule has 0 atom stereocenters. The zero-order chi connectivity index (χ0) is 18.5. The number of phenolic OH excluding ortho intramolecular Hbond substituents is 1. The zero-order valence-electron chi connectivity index (χ0n) is 14.1. The van der Waals surface area contributed by atoms with Gasteiger partial charge in [0.15, 0.2) is 5.65 Å². The highest BCUT2D eigenvalue weighted by atomic mass is 79.9. The highest BCUT2D eigenvalue weighted by Gasteiger charge is 2.13. The molecule has 3 aromatic rings. The molecular formula is C17H18BrN5O2S. The molecule has 0 aliphatic carbocycles. The van der Waals surface area contributed by atoms with E-state index in [1.807, 2.05) is 24.5 Å². The summed E-state index contributed by atoms with van der Waals surface area (Å²) in [5.74, 6) is 1.34. The molecule has 0 aliphatic heterocycles. The van der Waals surface area contributed by atoms with E-state index in [1.54, 1.807) is 22.8 Å². The van der Waals surface area contributed by atoms with Gasteiger partial charge in [-0.1, -0.05) is 12.1 Å². The molecule has 1 amide bonds. The molecule has 1 aromatic carbocycles. The van der Waals surface area contributed by atoms with Gasteiger partial charge in [0.05, 0.1) is 22.1 Å². The van der Waals surface area contributed by atoms with Crippen LogP contribution in [0, 0.1) is 0 Å². The number of fused-ring (bicyclic) bond motifs is 1. The third-order valence-electron chi connectivity index (χ3n) is 3.64. The Labute approximate surface area is 163 Å². The number of amides is 1. The first kappa shape index (κ1) is 18.5. The van der Waals surface area contributed by atoms with Gasteiger partial charge in [-0.15, -0.1) is 0 Å². The monoisotopic (exact) mass is 435 g/mol. The number of aromatic nitrogens is 3. The lowest BCUT2D eigenvalue weighted by atomic mass is 10.1. The Morgan fingerprint density at radius 3 is 2.92 bits per heavy atom. The molecule has 0 radical (unpaired) electrons. The number of rotatable bonds is 7. The summed E-state index contributed by atoms with van der Waals surface area (Å²) >= 11 is 4.93. The SMILES string of the molecule is CSCC(=O)NCCNc1cc(-c2ccccc2O)nc2c(Br)cnn12. The van der Waals surface area contributed by atoms with Crippen molar-refractivity contribution in [2.75, 3.05) is 30.4 Å². The van der Waals surface area contributed by atoms with Crippen LogP contribution in [0.15, 0.2) is 41.0 Å². The Bertz CT molecular complexity index is 931. The molecule has 9 heteroatoms. The topological polar surface area (TPSA) is 91.5 Å².